The highest BCUT2D eigenvalue weighted by atomic mass is 32.1. The Bertz CT molecular complexity index is 319. The molecule has 0 fully saturated rings. The van der Waals surface area contributed by atoms with Crippen molar-refractivity contribution in [3.63, 3.8) is 0 Å². The summed E-state index contributed by atoms with van der Waals surface area (Å²) in [5.74, 6) is 0. The van der Waals surface area contributed by atoms with Crippen LogP contribution in [0.25, 0.3) is 0 Å². The predicted molar refractivity (Wildman–Crippen MR) is 76.1 cm³/mol. The lowest BCUT2D eigenvalue weighted by Gasteiger charge is -2.17. The van der Waals surface area contributed by atoms with Crippen molar-refractivity contribution < 1.29 is 0 Å². The summed E-state index contributed by atoms with van der Waals surface area (Å²) in [7, 11) is 0. The molecule has 1 aromatic rings. The molecular weight excluding hydrogens is 212 g/mol. The molecule has 0 aromatic heterocycles. The van der Waals surface area contributed by atoms with E-state index in [0.29, 0.717) is 5.41 Å². The minimum Gasteiger partial charge on any atom is -0.0897 e. The molecule has 0 heterocycles. The number of benzene rings is 1. The zero-order chi connectivity index (χ0) is 12.0. The van der Waals surface area contributed by atoms with Crippen molar-refractivity contribution in [2.24, 2.45) is 5.41 Å². The summed E-state index contributed by atoms with van der Waals surface area (Å²) in [5, 5.41) is 0. The molecule has 88 valence electrons. The van der Waals surface area contributed by atoms with Crippen LogP contribution >= 0.6 is 12.2 Å². The molecule has 0 aliphatic heterocycles. The highest BCUT2D eigenvalue weighted by molar-refractivity contribution is 7.80. The van der Waals surface area contributed by atoms with E-state index in [9.17, 15) is 0 Å². The molecule has 0 amide bonds. The van der Waals surface area contributed by atoms with Gasteiger partial charge in [-0.1, -0.05) is 63.3 Å². The molecule has 0 aliphatic carbocycles. The molecule has 0 saturated carbocycles. The van der Waals surface area contributed by atoms with Crippen LogP contribution in [0.15, 0.2) is 30.3 Å². The lowest BCUT2D eigenvalue weighted by molar-refractivity contribution is 0.386. The van der Waals surface area contributed by atoms with E-state index in [0.717, 1.165) is 19.3 Å². The van der Waals surface area contributed by atoms with Gasteiger partial charge in [0.05, 0.1) is 0 Å². The van der Waals surface area contributed by atoms with Gasteiger partial charge in [-0.05, 0) is 41.5 Å². The van der Waals surface area contributed by atoms with Gasteiger partial charge in [0.25, 0.3) is 0 Å². The third-order valence-corrected chi connectivity index (χ3v) is 3.10. The quantitative estimate of drug-likeness (QED) is 0.658. The zero-order valence-electron chi connectivity index (χ0n) is 10.6. The number of hydrogen-bond acceptors (Lipinski definition) is 1. The minimum absolute atomic E-state index is 0.400. The monoisotopic (exact) mass is 234 g/mol. The fourth-order valence-corrected chi connectivity index (χ4v) is 1.77. The molecule has 0 spiro atoms. The molecule has 0 bridgehead atoms. The molecule has 0 unspecified atom stereocenters. The summed E-state index contributed by atoms with van der Waals surface area (Å²) in [6.45, 7) is 6.81. The summed E-state index contributed by atoms with van der Waals surface area (Å²) >= 11 is 5.42. The second-order valence-electron chi connectivity index (χ2n) is 5.58. The van der Waals surface area contributed by atoms with Crippen molar-refractivity contribution in [3.8, 4) is 0 Å². The van der Waals surface area contributed by atoms with Gasteiger partial charge in [-0.15, -0.1) is 0 Å². The molecule has 0 aliphatic rings. The molecule has 0 radical (unpaired) electrons. The second-order valence-corrected chi connectivity index (χ2v) is 6.16. The van der Waals surface area contributed by atoms with Gasteiger partial charge in [0.15, 0.2) is 0 Å². The van der Waals surface area contributed by atoms with Crippen LogP contribution in [0.4, 0.5) is 0 Å². The number of thiocarbonyl (C=S) groups is 1. The maximum absolute atomic E-state index is 5.42. The average Bonchev–Trinajstić information content (AvgIpc) is 2.24. The Balaban J connectivity index is 2.26. The van der Waals surface area contributed by atoms with Gasteiger partial charge < -0.3 is 0 Å². The highest BCUT2D eigenvalue weighted by Gasteiger charge is 2.10. The van der Waals surface area contributed by atoms with Crippen molar-refractivity contribution in [1.29, 1.82) is 0 Å². The summed E-state index contributed by atoms with van der Waals surface area (Å²) in [4.78, 5) is 1.22. The Morgan fingerprint density at radius 2 is 1.69 bits per heavy atom. The lowest BCUT2D eigenvalue weighted by atomic mass is 9.89. The van der Waals surface area contributed by atoms with E-state index in [2.05, 4.69) is 51.1 Å². The van der Waals surface area contributed by atoms with Crippen LogP contribution in [0.2, 0.25) is 0 Å². The van der Waals surface area contributed by atoms with Gasteiger partial charge in [-0.25, -0.2) is 0 Å². The number of rotatable bonds is 5. The Morgan fingerprint density at radius 1 is 1.06 bits per heavy atom. The molecule has 16 heavy (non-hydrogen) atoms. The van der Waals surface area contributed by atoms with Gasteiger partial charge in [-0.3, -0.25) is 0 Å². The van der Waals surface area contributed by atoms with Crippen LogP contribution in [-0.2, 0) is 6.42 Å². The van der Waals surface area contributed by atoms with Crippen molar-refractivity contribution in [2.75, 3.05) is 0 Å². The fourth-order valence-electron chi connectivity index (χ4n) is 1.57. The van der Waals surface area contributed by atoms with Gasteiger partial charge in [0, 0.05) is 0 Å². The minimum atomic E-state index is 0.400. The predicted octanol–water partition coefficient (Wildman–Crippen LogP) is 4.82. The van der Waals surface area contributed by atoms with E-state index >= 15 is 0 Å². The third kappa shape index (κ3) is 6.02. The molecular formula is C15H22S. The van der Waals surface area contributed by atoms with Crippen LogP contribution in [0, 0.1) is 5.41 Å². The first-order chi connectivity index (χ1) is 7.47. The van der Waals surface area contributed by atoms with E-state index in [-0.39, 0.29) is 0 Å². The van der Waals surface area contributed by atoms with Crippen molar-refractivity contribution in [3.05, 3.63) is 35.9 Å². The van der Waals surface area contributed by atoms with Crippen LogP contribution in [-0.4, -0.2) is 4.86 Å². The zero-order valence-corrected chi connectivity index (χ0v) is 11.4. The topological polar surface area (TPSA) is 0 Å². The SMILES string of the molecule is CC(C)(C)CCC(=S)CCc1ccccc1. The van der Waals surface area contributed by atoms with E-state index in [1.807, 2.05) is 0 Å². The first-order valence-corrected chi connectivity index (χ1v) is 6.44. The van der Waals surface area contributed by atoms with E-state index in [4.69, 9.17) is 12.2 Å². The fraction of sp³-hybridized carbons (Fsp3) is 0.533. The number of hydrogen-bond donors (Lipinski definition) is 0. The molecule has 0 N–H and O–H groups in total. The van der Waals surface area contributed by atoms with Crippen LogP contribution < -0.4 is 0 Å². The Labute approximate surface area is 105 Å². The van der Waals surface area contributed by atoms with Gasteiger partial charge in [0.2, 0.25) is 0 Å². The molecule has 0 nitrogen and oxygen atoms in total. The lowest BCUT2D eigenvalue weighted by Crippen LogP contribution is -2.08. The van der Waals surface area contributed by atoms with Crippen molar-refractivity contribution >= 4 is 17.1 Å². The van der Waals surface area contributed by atoms with Crippen LogP contribution in [0.1, 0.15) is 45.6 Å². The molecule has 0 atom stereocenters. The summed E-state index contributed by atoms with van der Waals surface area (Å²) in [5.41, 5.74) is 1.79. The first kappa shape index (κ1) is 13.4. The Hall–Kier alpha value is -0.690. The van der Waals surface area contributed by atoms with Gasteiger partial charge >= 0.3 is 0 Å². The van der Waals surface area contributed by atoms with Gasteiger partial charge in [0.1, 0.15) is 0 Å². The maximum atomic E-state index is 5.42. The normalized spacial score (nSPS) is 11.4. The summed E-state index contributed by atoms with van der Waals surface area (Å²) in [6, 6.07) is 10.6. The molecule has 1 rings (SSSR count). The number of aryl methyl sites for hydroxylation is 1. The first-order valence-electron chi connectivity index (χ1n) is 6.03. The highest BCUT2D eigenvalue weighted by Crippen LogP contribution is 2.21. The third-order valence-electron chi connectivity index (χ3n) is 2.69. The molecule has 1 aromatic carbocycles. The smallest absolute Gasteiger partial charge is 0.00680 e. The Morgan fingerprint density at radius 3 is 2.25 bits per heavy atom. The maximum Gasteiger partial charge on any atom is -0.00680 e. The second kappa shape index (κ2) is 6.15. The van der Waals surface area contributed by atoms with Crippen molar-refractivity contribution in [1.82, 2.24) is 0 Å². The van der Waals surface area contributed by atoms with E-state index < -0.39 is 0 Å². The van der Waals surface area contributed by atoms with E-state index in [1.165, 1.54) is 16.8 Å². The van der Waals surface area contributed by atoms with Crippen LogP contribution in [0.5, 0.6) is 0 Å². The van der Waals surface area contributed by atoms with Crippen LogP contribution in [0.3, 0.4) is 0 Å². The standard InChI is InChI=1S/C15H22S/c1-15(2,3)12-11-14(16)10-9-13-7-5-4-6-8-13/h4-8H,9-12H2,1-3H3. The Kier molecular flexibility index (Phi) is 5.14. The largest absolute Gasteiger partial charge is 0.0897 e. The van der Waals surface area contributed by atoms with Gasteiger partial charge in [-0.2, -0.15) is 0 Å². The van der Waals surface area contributed by atoms with Crippen molar-refractivity contribution in [2.45, 2.75) is 46.5 Å². The summed E-state index contributed by atoms with van der Waals surface area (Å²) < 4.78 is 0. The molecule has 1 heteroatoms. The average molecular weight is 234 g/mol. The van der Waals surface area contributed by atoms with E-state index in [1.54, 1.807) is 0 Å². The summed E-state index contributed by atoms with van der Waals surface area (Å²) in [6.07, 6.45) is 4.42. The molecule has 0 saturated heterocycles.